The van der Waals surface area contributed by atoms with E-state index in [0.29, 0.717) is 16.9 Å². The second-order valence-corrected chi connectivity index (χ2v) is 6.75. The van der Waals surface area contributed by atoms with Crippen molar-refractivity contribution in [3.63, 3.8) is 0 Å². The monoisotopic (exact) mass is 344 g/mol. The lowest BCUT2D eigenvalue weighted by molar-refractivity contribution is -0.132. The maximum absolute atomic E-state index is 12.5. The number of hydrogen-bond donors (Lipinski definition) is 1. The van der Waals surface area contributed by atoms with Gasteiger partial charge in [0.05, 0.1) is 10.9 Å². The van der Waals surface area contributed by atoms with E-state index in [-0.39, 0.29) is 18.9 Å². The van der Waals surface area contributed by atoms with Gasteiger partial charge in [-0.15, -0.1) is 0 Å². The van der Waals surface area contributed by atoms with Crippen molar-refractivity contribution in [3.8, 4) is 0 Å². The van der Waals surface area contributed by atoms with Crippen LogP contribution in [0.15, 0.2) is 33.9 Å². The molecule has 0 radical (unpaired) electrons. The minimum atomic E-state index is -0.470. The zero-order valence-electron chi connectivity index (χ0n) is 14.7. The van der Waals surface area contributed by atoms with Crippen LogP contribution in [-0.2, 0) is 11.3 Å². The van der Waals surface area contributed by atoms with Crippen LogP contribution in [0, 0.1) is 0 Å². The van der Waals surface area contributed by atoms with Crippen molar-refractivity contribution in [1.29, 1.82) is 0 Å². The predicted octanol–water partition coefficient (Wildman–Crippen LogP) is 0.633. The third kappa shape index (κ3) is 3.66. The molecule has 1 fully saturated rings. The SMILES string of the molecule is CN(C)C1CCN(C(=O)CCn2c(=O)[nH]c(=O)c3ccccc32)CC1. The fraction of sp³-hybridized carbons (Fsp3) is 0.500. The lowest BCUT2D eigenvalue weighted by atomic mass is 10.0. The van der Waals surface area contributed by atoms with Gasteiger partial charge in [0.2, 0.25) is 5.91 Å². The average molecular weight is 344 g/mol. The van der Waals surface area contributed by atoms with Crippen molar-refractivity contribution in [1.82, 2.24) is 19.4 Å². The minimum absolute atomic E-state index is 0.0550. The lowest BCUT2D eigenvalue weighted by Gasteiger charge is -2.35. The molecule has 7 nitrogen and oxygen atoms in total. The first-order valence-corrected chi connectivity index (χ1v) is 8.63. The van der Waals surface area contributed by atoms with Crippen molar-refractivity contribution < 1.29 is 4.79 Å². The summed E-state index contributed by atoms with van der Waals surface area (Å²) in [6.45, 7) is 1.77. The van der Waals surface area contributed by atoms with E-state index in [1.807, 2.05) is 4.90 Å². The van der Waals surface area contributed by atoms with Crippen molar-refractivity contribution in [2.24, 2.45) is 0 Å². The molecule has 1 saturated heterocycles. The number of para-hydroxylation sites is 1. The number of nitrogens with one attached hydrogen (secondary N) is 1. The van der Waals surface area contributed by atoms with Crippen LogP contribution >= 0.6 is 0 Å². The molecule has 3 rings (SSSR count). The summed E-state index contributed by atoms with van der Waals surface area (Å²) in [6.07, 6.45) is 2.20. The highest BCUT2D eigenvalue weighted by molar-refractivity contribution is 5.79. The van der Waals surface area contributed by atoms with Gasteiger partial charge in [0.15, 0.2) is 0 Å². The molecule has 25 heavy (non-hydrogen) atoms. The summed E-state index contributed by atoms with van der Waals surface area (Å²) in [5.74, 6) is 0.0550. The number of likely N-dealkylation sites (tertiary alicyclic amines) is 1. The normalized spacial score (nSPS) is 15.9. The van der Waals surface area contributed by atoms with Crippen LogP contribution in [0.3, 0.4) is 0 Å². The van der Waals surface area contributed by atoms with Crippen LogP contribution in [0.4, 0.5) is 0 Å². The Morgan fingerprint density at radius 2 is 1.88 bits per heavy atom. The van der Waals surface area contributed by atoms with Gasteiger partial charge in [0, 0.05) is 32.1 Å². The zero-order chi connectivity index (χ0) is 18.0. The fourth-order valence-corrected chi connectivity index (χ4v) is 3.46. The Hall–Kier alpha value is -2.41. The Balaban J connectivity index is 1.70. The number of nitrogens with zero attached hydrogens (tertiary/aromatic N) is 3. The number of fused-ring (bicyclic) bond motifs is 1. The molecular weight excluding hydrogens is 320 g/mol. The van der Waals surface area contributed by atoms with E-state index >= 15 is 0 Å². The number of H-pyrrole nitrogens is 1. The summed E-state index contributed by atoms with van der Waals surface area (Å²) in [4.78, 5) is 42.9. The number of amides is 1. The van der Waals surface area contributed by atoms with Crippen molar-refractivity contribution in [3.05, 3.63) is 45.1 Å². The summed E-state index contributed by atoms with van der Waals surface area (Å²) in [5.41, 5.74) is -0.299. The van der Waals surface area contributed by atoms with Crippen LogP contribution in [0.25, 0.3) is 10.9 Å². The third-order valence-corrected chi connectivity index (χ3v) is 5.00. The van der Waals surface area contributed by atoms with E-state index in [2.05, 4.69) is 24.0 Å². The van der Waals surface area contributed by atoms with E-state index in [4.69, 9.17) is 0 Å². The molecule has 0 bridgehead atoms. The number of rotatable bonds is 4. The number of carbonyl (C=O) groups excluding carboxylic acids is 1. The molecule has 2 aromatic rings. The van der Waals surface area contributed by atoms with Gasteiger partial charge in [-0.2, -0.15) is 0 Å². The van der Waals surface area contributed by atoms with Crippen molar-refractivity contribution in [2.75, 3.05) is 27.2 Å². The molecule has 1 aliphatic rings. The minimum Gasteiger partial charge on any atom is -0.343 e. The number of aryl methyl sites for hydroxylation is 1. The highest BCUT2D eigenvalue weighted by atomic mass is 16.2. The van der Waals surface area contributed by atoms with Crippen LogP contribution in [0.2, 0.25) is 0 Å². The lowest BCUT2D eigenvalue weighted by Crippen LogP contribution is -2.44. The van der Waals surface area contributed by atoms with Crippen LogP contribution < -0.4 is 11.2 Å². The Labute approximate surface area is 145 Å². The molecule has 1 N–H and O–H groups in total. The van der Waals surface area contributed by atoms with E-state index in [9.17, 15) is 14.4 Å². The van der Waals surface area contributed by atoms with E-state index in [1.165, 1.54) is 4.57 Å². The topological polar surface area (TPSA) is 78.4 Å². The Morgan fingerprint density at radius 3 is 2.56 bits per heavy atom. The second-order valence-electron chi connectivity index (χ2n) is 6.75. The van der Waals surface area contributed by atoms with Crippen molar-refractivity contribution >= 4 is 16.8 Å². The highest BCUT2D eigenvalue weighted by Gasteiger charge is 2.23. The average Bonchev–Trinajstić information content (AvgIpc) is 2.61. The number of piperidine rings is 1. The quantitative estimate of drug-likeness (QED) is 0.883. The van der Waals surface area contributed by atoms with Gasteiger partial charge in [0.25, 0.3) is 5.56 Å². The number of hydrogen-bond acceptors (Lipinski definition) is 4. The first kappa shape index (κ1) is 17.4. The molecule has 1 amide bonds. The number of aromatic nitrogens is 2. The maximum atomic E-state index is 12.5. The van der Waals surface area contributed by atoms with E-state index in [1.54, 1.807) is 24.3 Å². The molecule has 0 aliphatic carbocycles. The first-order chi connectivity index (χ1) is 12.0. The third-order valence-electron chi connectivity index (χ3n) is 5.00. The van der Waals surface area contributed by atoms with Gasteiger partial charge in [0.1, 0.15) is 0 Å². The molecule has 7 heteroatoms. The van der Waals surface area contributed by atoms with Gasteiger partial charge in [-0.05, 0) is 39.1 Å². The van der Waals surface area contributed by atoms with Gasteiger partial charge in [-0.1, -0.05) is 12.1 Å². The predicted molar refractivity (Wildman–Crippen MR) is 96.7 cm³/mol. The van der Waals surface area contributed by atoms with Gasteiger partial charge in [-0.3, -0.25) is 19.1 Å². The number of carbonyl (C=O) groups is 1. The van der Waals surface area contributed by atoms with Crippen molar-refractivity contribution in [2.45, 2.75) is 31.8 Å². The van der Waals surface area contributed by atoms with E-state index < -0.39 is 11.2 Å². The molecule has 0 atom stereocenters. The molecule has 1 aliphatic heterocycles. The Morgan fingerprint density at radius 1 is 1.20 bits per heavy atom. The summed E-state index contributed by atoms with van der Waals surface area (Å²) in [6, 6.07) is 7.48. The Kier molecular flexibility index (Phi) is 5.03. The molecule has 1 aromatic carbocycles. The highest BCUT2D eigenvalue weighted by Crippen LogP contribution is 2.15. The number of aromatic amines is 1. The smallest absolute Gasteiger partial charge is 0.328 e. The first-order valence-electron chi connectivity index (χ1n) is 8.63. The molecular formula is C18H24N4O3. The molecule has 1 aromatic heterocycles. The molecule has 0 unspecified atom stereocenters. The fourth-order valence-electron chi connectivity index (χ4n) is 3.46. The summed E-state index contributed by atoms with van der Waals surface area (Å²) in [5, 5.41) is 0.460. The van der Waals surface area contributed by atoms with Crippen LogP contribution in [0.5, 0.6) is 0 Å². The molecule has 2 heterocycles. The number of benzene rings is 1. The molecule has 0 spiro atoms. The largest absolute Gasteiger partial charge is 0.343 e. The summed E-state index contributed by atoms with van der Waals surface area (Å²) >= 11 is 0. The van der Waals surface area contributed by atoms with Gasteiger partial charge < -0.3 is 9.80 Å². The van der Waals surface area contributed by atoms with Gasteiger partial charge in [-0.25, -0.2) is 4.79 Å². The van der Waals surface area contributed by atoms with Gasteiger partial charge >= 0.3 is 5.69 Å². The maximum Gasteiger partial charge on any atom is 0.328 e. The van der Waals surface area contributed by atoms with Crippen LogP contribution in [0.1, 0.15) is 19.3 Å². The summed E-state index contributed by atoms with van der Waals surface area (Å²) in [7, 11) is 4.13. The van der Waals surface area contributed by atoms with Crippen LogP contribution in [-0.4, -0.2) is 58.5 Å². The Bertz CT molecular complexity index is 876. The second kappa shape index (κ2) is 7.23. The van der Waals surface area contributed by atoms with E-state index in [0.717, 1.165) is 25.9 Å². The zero-order valence-corrected chi connectivity index (χ0v) is 14.7. The molecule has 0 saturated carbocycles. The summed E-state index contributed by atoms with van der Waals surface area (Å²) < 4.78 is 1.47. The standard InChI is InChI=1S/C18H24N4O3/c1-20(2)13-7-10-21(11-8-13)16(23)9-12-22-15-6-4-3-5-14(15)17(24)19-18(22)25/h3-6,13H,7-12H2,1-2H3,(H,19,24,25). The molecule has 134 valence electrons.